The Labute approximate surface area is 165 Å². The molecule has 4 nitrogen and oxygen atoms in total. The molecule has 1 atom stereocenters. The van der Waals surface area contributed by atoms with Gasteiger partial charge in [-0.05, 0) is 40.8 Å². The molecule has 1 fully saturated rings. The van der Waals surface area contributed by atoms with Crippen LogP contribution in [0.4, 0.5) is 11.4 Å². The highest BCUT2D eigenvalue weighted by Gasteiger charge is 2.34. The maximum Gasteiger partial charge on any atom is 0.238 e. The van der Waals surface area contributed by atoms with Crippen LogP contribution in [0.5, 0.6) is 0 Å². The van der Waals surface area contributed by atoms with Gasteiger partial charge in [0.1, 0.15) is 5.37 Å². The molecule has 3 rings (SSSR count). The molecule has 0 saturated carbocycles. The molecule has 0 unspecified atom stereocenters. The van der Waals surface area contributed by atoms with E-state index in [4.69, 9.17) is 0 Å². The summed E-state index contributed by atoms with van der Waals surface area (Å²) < 4.78 is 0. The van der Waals surface area contributed by atoms with Gasteiger partial charge < -0.3 is 5.32 Å². The number of rotatable bonds is 4. The summed E-state index contributed by atoms with van der Waals surface area (Å²) >= 11 is 1.63. The van der Waals surface area contributed by atoms with Gasteiger partial charge in [0.25, 0.3) is 0 Å². The van der Waals surface area contributed by atoms with Crippen LogP contribution in [0.15, 0.2) is 48.5 Å². The maximum absolute atomic E-state index is 12.5. The second-order valence-electron chi connectivity index (χ2n) is 7.75. The summed E-state index contributed by atoms with van der Waals surface area (Å²) in [5.74, 6) is 0.589. The highest BCUT2D eigenvalue weighted by molar-refractivity contribution is 8.00. The molecule has 2 aromatic carbocycles. The van der Waals surface area contributed by atoms with Crippen LogP contribution < -0.4 is 10.2 Å². The molecule has 1 aliphatic rings. The van der Waals surface area contributed by atoms with Crippen LogP contribution in [0.2, 0.25) is 0 Å². The Morgan fingerprint density at radius 1 is 1.11 bits per heavy atom. The lowest BCUT2D eigenvalue weighted by Crippen LogP contribution is -2.28. The first-order valence-electron chi connectivity index (χ1n) is 9.23. The molecule has 1 aliphatic heterocycles. The molecular formula is C22H26N2O2S. The van der Waals surface area contributed by atoms with Gasteiger partial charge in [-0.2, -0.15) is 0 Å². The fourth-order valence-electron chi connectivity index (χ4n) is 3.05. The first-order valence-corrected chi connectivity index (χ1v) is 10.3. The molecule has 0 spiro atoms. The topological polar surface area (TPSA) is 49.4 Å². The minimum Gasteiger partial charge on any atom is -0.326 e. The highest BCUT2D eigenvalue weighted by atomic mass is 32.2. The van der Waals surface area contributed by atoms with Crippen LogP contribution in [0, 0.1) is 0 Å². The van der Waals surface area contributed by atoms with Crippen LogP contribution in [-0.4, -0.2) is 17.6 Å². The molecular weight excluding hydrogens is 356 g/mol. The third-order valence-electron chi connectivity index (χ3n) is 4.68. The maximum atomic E-state index is 12.5. The number of nitrogens with one attached hydrogen (secondary N) is 1. The lowest BCUT2D eigenvalue weighted by Gasteiger charge is -2.26. The molecule has 0 aliphatic carbocycles. The summed E-state index contributed by atoms with van der Waals surface area (Å²) in [5.41, 5.74) is 4.09. The van der Waals surface area contributed by atoms with E-state index >= 15 is 0 Å². The number of hydrogen-bond acceptors (Lipinski definition) is 3. The standard InChI is InChI=1S/C22H26N2O2S/c1-5-19(25)23-17-10-6-15(7-11-17)21-24(20(26)14-27-21)18-12-8-16(9-13-18)22(2,3)4/h6-13,21H,5,14H2,1-4H3,(H,23,25)/t21-/m1/s1. The smallest absolute Gasteiger partial charge is 0.238 e. The van der Waals surface area contributed by atoms with Gasteiger partial charge in [0.2, 0.25) is 11.8 Å². The molecule has 142 valence electrons. The van der Waals surface area contributed by atoms with Crippen LogP contribution in [-0.2, 0) is 15.0 Å². The minimum absolute atomic E-state index is 0.00580. The molecule has 27 heavy (non-hydrogen) atoms. The Hall–Kier alpha value is -2.27. The van der Waals surface area contributed by atoms with Crippen LogP contribution in [0.25, 0.3) is 0 Å². The number of thioether (sulfide) groups is 1. The summed E-state index contributed by atoms with van der Waals surface area (Å²) in [4.78, 5) is 25.9. The van der Waals surface area contributed by atoms with Crippen molar-refractivity contribution in [1.82, 2.24) is 0 Å². The molecule has 1 N–H and O–H groups in total. The van der Waals surface area contributed by atoms with Gasteiger partial charge >= 0.3 is 0 Å². The van der Waals surface area contributed by atoms with E-state index in [-0.39, 0.29) is 22.6 Å². The summed E-state index contributed by atoms with van der Waals surface area (Å²) in [7, 11) is 0. The van der Waals surface area contributed by atoms with E-state index in [2.05, 4.69) is 38.2 Å². The number of nitrogens with zero attached hydrogens (tertiary/aromatic N) is 1. The average Bonchev–Trinajstić information content (AvgIpc) is 3.03. The second-order valence-corrected chi connectivity index (χ2v) is 8.82. The first-order chi connectivity index (χ1) is 12.8. The Balaban J connectivity index is 1.83. The SMILES string of the molecule is CCC(=O)Nc1ccc([C@H]2SCC(=O)N2c2ccc(C(C)(C)C)cc2)cc1. The monoisotopic (exact) mass is 382 g/mol. The quantitative estimate of drug-likeness (QED) is 0.799. The van der Waals surface area contributed by atoms with E-state index in [1.54, 1.807) is 11.8 Å². The predicted octanol–water partition coefficient (Wildman–Crippen LogP) is 5.11. The number of amides is 2. The lowest BCUT2D eigenvalue weighted by molar-refractivity contribution is -0.116. The number of hydrogen-bond donors (Lipinski definition) is 1. The van der Waals surface area contributed by atoms with Crippen molar-refractivity contribution >= 4 is 35.0 Å². The molecule has 0 aromatic heterocycles. The van der Waals surface area contributed by atoms with Crippen molar-refractivity contribution < 1.29 is 9.59 Å². The zero-order chi connectivity index (χ0) is 19.6. The van der Waals surface area contributed by atoms with Crippen molar-refractivity contribution in [3.8, 4) is 0 Å². The van der Waals surface area contributed by atoms with Crippen molar-refractivity contribution in [2.45, 2.75) is 44.9 Å². The highest BCUT2D eigenvalue weighted by Crippen LogP contribution is 2.42. The summed E-state index contributed by atoms with van der Waals surface area (Å²) in [5, 5.41) is 2.81. The molecule has 1 heterocycles. The van der Waals surface area contributed by atoms with Crippen molar-refractivity contribution in [1.29, 1.82) is 0 Å². The van der Waals surface area contributed by atoms with E-state index in [0.29, 0.717) is 12.2 Å². The third kappa shape index (κ3) is 4.35. The zero-order valence-corrected chi connectivity index (χ0v) is 17.1. The van der Waals surface area contributed by atoms with Crippen molar-refractivity contribution in [2.75, 3.05) is 16.0 Å². The van der Waals surface area contributed by atoms with Gasteiger partial charge in [-0.3, -0.25) is 14.5 Å². The fraction of sp³-hybridized carbons (Fsp3) is 0.364. The van der Waals surface area contributed by atoms with Crippen molar-refractivity contribution in [3.63, 3.8) is 0 Å². The third-order valence-corrected chi connectivity index (χ3v) is 5.89. The number of carbonyl (C=O) groups excluding carboxylic acids is 2. The molecule has 2 aromatic rings. The van der Waals surface area contributed by atoms with E-state index < -0.39 is 0 Å². The van der Waals surface area contributed by atoms with Gasteiger partial charge in [-0.15, -0.1) is 11.8 Å². The van der Waals surface area contributed by atoms with Crippen LogP contribution in [0.3, 0.4) is 0 Å². The average molecular weight is 383 g/mol. The normalized spacial score (nSPS) is 17.3. The van der Waals surface area contributed by atoms with Crippen LogP contribution in [0.1, 0.15) is 50.6 Å². The minimum atomic E-state index is -0.0473. The number of anilines is 2. The van der Waals surface area contributed by atoms with E-state index in [0.717, 1.165) is 16.9 Å². The van der Waals surface area contributed by atoms with Crippen molar-refractivity contribution in [3.05, 3.63) is 59.7 Å². The Morgan fingerprint density at radius 3 is 2.30 bits per heavy atom. The van der Waals surface area contributed by atoms with Crippen molar-refractivity contribution in [2.24, 2.45) is 0 Å². The molecule has 5 heteroatoms. The lowest BCUT2D eigenvalue weighted by atomic mass is 9.87. The second kappa shape index (κ2) is 7.77. The molecule has 2 amide bonds. The zero-order valence-electron chi connectivity index (χ0n) is 16.3. The van der Waals surface area contributed by atoms with E-state index in [1.165, 1.54) is 5.56 Å². The Morgan fingerprint density at radius 2 is 1.74 bits per heavy atom. The Kier molecular flexibility index (Phi) is 5.61. The predicted molar refractivity (Wildman–Crippen MR) is 113 cm³/mol. The van der Waals surface area contributed by atoms with Crippen LogP contribution >= 0.6 is 11.8 Å². The first kappa shape index (κ1) is 19.5. The van der Waals surface area contributed by atoms with E-state index in [9.17, 15) is 9.59 Å². The Bertz CT molecular complexity index is 823. The fourth-order valence-corrected chi connectivity index (χ4v) is 4.23. The number of carbonyl (C=O) groups is 2. The number of benzene rings is 2. The molecule has 0 radical (unpaired) electrons. The van der Waals surface area contributed by atoms with Gasteiger partial charge in [0.05, 0.1) is 5.75 Å². The molecule has 1 saturated heterocycles. The molecule has 0 bridgehead atoms. The van der Waals surface area contributed by atoms with Gasteiger partial charge in [0, 0.05) is 17.8 Å². The van der Waals surface area contributed by atoms with Gasteiger partial charge in [-0.1, -0.05) is 52.0 Å². The largest absolute Gasteiger partial charge is 0.326 e. The van der Waals surface area contributed by atoms with E-state index in [1.807, 2.05) is 48.2 Å². The summed E-state index contributed by atoms with van der Waals surface area (Å²) in [6.45, 7) is 8.37. The summed E-state index contributed by atoms with van der Waals surface area (Å²) in [6.07, 6.45) is 0.451. The summed E-state index contributed by atoms with van der Waals surface area (Å²) in [6, 6.07) is 16.0. The van der Waals surface area contributed by atoms with Gasteiger partial charge in [-0.25, -0.2) is 0 Å². The van der Waals surface area contributed by atoms with Gasteiger partial charge in [0.15, 0.2) is 0 Å².